The molecule has 0 radical (unpaired) electrons. The fraction of sp³-hybridized carbons (Fsp3) is 0.273. The molecule has 1 aromatic heterocycles. The van der Waals surface area contributed by atoms with Gasteiger partial charge in [-0.2, -0.15) is 0 Å². The molecule has 5 nitrogen and oxygen atoms in total. The summed E-state index contributed by atoms with van der Waals surface area (Å²) in [6.07, 6.45) is 0.552. The van der Waals surface area contributed by atoms with Crippen molar-refractivity contribution in [2.45, 2.75) is 25.4 Å². The zero-order chi connectivity index (χ0) is 18.7. The molecule has 27 heavy (non-hydrogen) atoms. The summed E-state index contributed by atoms with van der Waals surface area (Å²) in [5.41, 5.74) is 5.41. The molecule has 5 heteroatoms. The average molecular weight is 359 g/mol. The van der Waals surface area contributed by atoms with Gasteiger partial charge in [0, 0.05) is 30.1 Å². The van der Waals surface area contributed by atoms with E-state index in [1.54, 1.807) is 16.8 Å². The minimum atomic E-state index is -0.450. The first-order valence-corrected chi connectivity index (χ1v) is 9.27. The normalized spacial score (nSPS) is 22.1. The molecule has 1 N–H and O–H groups in total. The van der Waals surface area contributed by atoms with E-state index in [0.717, 1.165) is 33.3 Å². The minimum Gasteiger partial charge on any atom is -0.356 e. The van der Waals surface area contributed by atoms with Crippen molar-refractivity contribution >= 4 is 22.7 Å². The van der Waals surface area contributed by atoms with Gasteiger partial charge in [0.2, 0.25) is 11.8 Å². The maximum Gasteiger partial charge on any atom is 0.245 e. The standard InChI is InChI=1S/C22H21N3O2/c1-13-6-5-7-14(10-13)21-20-16(15-8-3-4-9-17(15)23-20)11-18-22(27)24(2)12-19(26)25(18)21/h3-10,18,21,23H,11-12H2,1-2H3/t18-,21+/m1/s1. The van der Waals surface area contributed by atoms with E-state index in [9.17, 15) is 9.59 Å². The number of hydrogen-bond donors (Lipinski definition) is 1. The van der Waals surface area contributed by atoms with E-state index in [1.807, 2.05) is 37.3 Å². The van der Waals surface area contributed by atoms with E-state index in [1.165, 1.54) is 0 Å². The molecule has 0 unspecified atom stereocenters. The van der Waals surface area contributed by atoms with Crippen molar-refractivity contribution in [3.05, 3.63) is 70.9 Å². The zero-order valence-corrected chi connectivity index (χ0v) is 15.4. The Morgan fingerprint density at radius 3 is 2.70 bits per heavy atom. The smallest absolute Gasteiger partial charge is 0.245 e. The molecule has 3 aromatic rings. The first-order valence-electron chi connectivity index (χ1n) is 9.27. The molecule has 0 aliphatic carbocycles. The Morgan fingerprint density at radius 1 is 1.07 bits per heavy atom. The van der Waals surface area contributed by atoms with Gasteiger partial charge in [0.1, 0.15) is 6.04 Å². The predicted octanol–water partition coefficient (Wildman–Crippen LogP) is 2.79. The third-order valence-corrected chi connectivity index (χ3v) is 5.81. The Hall–Kier alpha value is -3.08. The summed E-state index contributed by atoms with van der Waals surface area (Å²) in [6, 6.07) is 15.7. The van der Waals surface area contributed by atoms with Gasteiger partial charge in [0.15, 0.2) is 0 Å². The summed E-state index contributed by atoms with van der Waals surface area (Å²) < 4.78 is 0. The highest BCUT2D eigenvalue weighted by atomic mass is 16.2. The van der Waals surface area contributed by atoms with Crippen LogP contribution >= 0.6 is 0 Å². The predicted molar refractivity (Wildman–Crippen MR) is 103 cm³/mol. The van der Waals surface area contributed by atoms with Gasteiger partial charge in [-0.3, -0.25) is 9.59 Å². The summed E-state index contributed by atoms with van der Waals surface area (Å²) in [6.45, 7) is 2.18. The largest absolute Gasteiger partial charge is 0.356 e. The van der Waals surface area contributed by atoms with Crippen LogP contribution in [-0.2, 0) is 16.0 Å². The van der Waals surface area contributed by atoms with Crippen molar-refractivity contribution in [3.8, 4) is 0 Å². The van der Waals surface area contributed by atoms with Gasteiger partial charge in [0.05, 0.1) is 12.6 Å². The van der Waals surface area contributed by atoms with Crippen LogP contribution in [0.3, 0.4) is 0 Å². The Morgan fingerprint density at radius 2 is 1.89 bits per heavy atom. The molecule has 2 aliphatic heterocycles. The van der Waals surface area contributed by atoms with Crippen LogP contribution in [0.4, 0.5) is 0 Å². The molecule has 2 aliphatic rings. The summed E-state index contributed by atoms with van der Waals surface area (Å²) >= 11 is 0. The highest BCUT2D eigenvalue weighted by molar-refractivity contribution is 5.97. The summed E-state index contributed by atoms with van der Waals surface area (Å²) in [5.74, 6) is 0.0149. The van der Waals surface area contributed by atoms with Crippen LogP contribution in [0.15, 0.2) is 48.5 Å². The van der Waals surface area contributed by atoms with Crippen molar-refractivity contribution in [2.75, 3.05) is 13.6 Å². The van der Waals surface area contributed by atoms with Gasteiger partial charge in [0.25, 0.3) is 0 Å². The number of carbonyl (C=O) groups is 2. The minimum absolute atomic E-state index is 0.00193. The fourth-order valence-corrected chi connectivity index (χ4v) is 4.59. The number of para-hydroxylation sites is 1. The van der Waals surface area contributed by atoms with Crippen LogP contribution in [-0.4, -0.2) is 46.2 Å². The number of H-pyrrole nitrogens is 1. The number of nitrogens with one attached hydrogen (secondary N) is 1. The summed E-state index contributed by atoms with van der Waals surface area (Å²) in [4.78, 5) is 32.8. The lowest BCUT2D eigenvalue weighted by molar-refractivity contribution is -0.157. The highest BCUT2D eigenvalue weighted by Crippen LogP contribution is 2.42. The lowest BCUT2D eigenvalue weighted by Gasteiger charge is -2.46. The number of aromatic nitrogens is 1. The summed E-state index contributed by atoms with van der Waals surface area (Å²) in [7, 11) is 1.71. The average Bonchev–Trinajstić information content (AvgIpc) is 3.03. The number of aryl methyl sites for hydroxylation is 1. The van der Waals surface area contributed by atoms with Crippen LogP contribution in [0.5, 0.6) is 0 Å². The topological polar surface area (TPSA) is 56.4 Å². The number of hydrogen-bond acceptors (Lipinski definition) is 2. The number of rotatable bonds is 1. The monoisotopic (exact) mass is 359 g/mol. The van der Waals surface area contributed by atoms with Gasteiger partial charge in [-0.25, -0.2) is 0 Å². The first-order chi connectivity index (χ1) is 13.0. The molecule has 0 spiro atoms. The van der Waals surface area contributed by atoms with Crippen molar-refractivity contribution in [1.82, 2.24) is 14.8 Å². The highest BCUT2D eigenvalue weighted by Gasteiger charge is 2.47. The van der Waals surface area contributed by atoms with Crippen LogP contribution < -0.4 is 0 Å². The number of amides is 2. The molecule has 3 heterocycles. The number of carbonyl (C=O) groups excluding carboxylic acids is 2. The Bertz CT molecular complexity index is 1080. The molecule has 0 saturated carbocycles. The molecule has 1 saturated heterocycles. The van der Waals surface area contributed by atoms with Crippen LogP contribution in [0.25, 0.3) is 10.9 Å². The Balaban J connectivity index is 1.78. The van der Waals surface area contributed by atoms with E-state index in [0.29, 0.717) is 6.42 Å². The second-order valence-corrected chi connectivity index (χ2v) is 7.59. The van der Waals surface area contributed by atoms with Crippen molar-refractivity contribution in [3.63, 3.8) is 0 Å². The fourth-order valence-electron chi connectivity index (χ4n) is 4.59. The molecule has 1 fully saturated rings. The third kappa shape index (κ3) is 2.31. The number of likely N-dealkylation sites (N-methyl/N-ethyl adjacent to an activating group) is 1. The van der Waals surface area contributed by atoms with Gasteiger partial charge in [-0.05, 0) is 24.1 Å². The zero-order valence-electron chi connectivity index (χ0n) is 15.4. The van der Waals surface area contributed by atoms with Crippen molar-refractivity contribution in [1.29, 1.82) is 0 Å². The van der Waals surface area contributed by atoms with Crippen LogP contribution in [0.1, 0.15) is 28.4 Å². The second-order valence-electron chi connectivity index (χ2n) is 7.59. The number of aromatic amines is 1. The lowest BCUT2D eigenvalue weighted by atomic mass is 9.86. The maximum atomic E-state index is 13.0. The lowest BCUT2D eigenvalue weighted by Crippen LogP contribution is -2.62. The molecule has 5 rings (SSSR count). The number of benzene rings is 2. The number of piperazine rings is 1. The maximum absolute atomic E-state index is 13.0. The van der Waals surface area contributed by atoms with Crippen molar-refractivity contribution < 1.29 is 9.59 Å². The van der Waals surface area contributed by atoms with E-state index in [-0.39, 0.29) is 24.4 Å². The number of nitrogens with zero attached hydrogens (tertiary/aromatic N) is 2. The molecule has 136 valence electrons. The second kappa shape index (κ2) is 5.71. The van der Waals surface area contributed by atoms with Crippen LogP contribution in [0.2, 0.25) is 0 Å². The van der Waals surface area contributed by atoms with E-state index in [2.05, 4.69) is 23.2 Å². The first kappa shape index (κ1) is 16.1. The van der Waals surface area contributed by atoms with Crippen LogP contribution in [0, 0.1) is 6.92 Å². The molecular formula is C22H21N3O2. The molecular weight excluding hydrogens is 338 g/mol. The molecule has 0 bridgehead atoms. The third-order valence-electron chi connectivity index (χ3n) is 5.81. The molecule has 2 amide bonds. The van der Waals surface area contributed by atoms with Gasteiger partial charge < -0.3 is 14.8 Å². The number of fused-ring (bicyclic) bond motifs is 4. The van der Waals surface area contributed by atoms with Crippen molar-refractivity contribution in [2.24, 2.45) is 0 Å². The Labute approximate surface area is 157 Å². The SMILES string of the molecule is Cc1cccc([C@H]2c3[nH]c4ccccc4c3C[C@@H]3C(=O)N(C)CC(=O)N23)c1. The Kier molecular flexibility index (Phi) is 3.41. The van der Waals surface area contributed by atoms with E-state index < -0.39 is 6.04 Å². The molecule has 2 aromatic carbocycles. The molecule has 2 atom stereocenters. The van der Waals surface area contributed by atoms with Gasteiger partial charge in [-0.15, -0.1) is 0 Å². The quantitative estimate of drug-likeness (QED) is 0.726. The van der Waals surface area contributed by atoms with Gasteiger partial charge in [-0.1, -0.05) is 48.0 Å². The van der Waals surface area contributed by atoms with Gasteiger partial charge >= 0.3 is 0 Å². The van der Waals surface area contributed by atoms with E-state index in [4.69, 9.17) is 0 Å². The summed E-state index contributed by atoms with van der Waals surface area (Å²) in [5, 5.41) is 1.14. The van der Waals surface area contributed by atoms with E-state index >= 15 is 0 Å².